The molecular weight excluding hydrogens is 396 g/mol. The van der Waals surface area contributed by atoms with Crippen LogP contribution in [0.5, 0.6) is 0 Å². The number of nitrogens with one attached hydrogen (secondary N) is 1. The minimum Gasteiger partial charge on any atom is -0.319 e. The monoisotopic (exact) mass is 407 g/mol. The van der Waals surface area contributed by atoms with Crippen LogP contribution in [0.25, 0.3) is 16.7 Å². The van der Waals surface area contributed by atoms with Crippen LogP contribution in [0, 0.1) is 5.82 Å². The number of urea groups is 1. The molecule has 0 bridgehead atoms. The lowest BCUT2D eigenvalue weighted by atomic mass is 10.2. The third-order valence-electron chi connectivity index (χ3n) is 3.89. The third-order valence-corrected chi connectivity index (χ3v) is 4.33. The fourth-order valence-electron chi connectivity index (χ4n) is 2.57. The average molecular weight is 408 g/mol. The minimum atomic E-state index is -0.974. The number of likely N-dealkylation sites (tertiary alicyclic amines) is 1. The average Bonchev–Trinajstić information content (AvgIpc) is 2.96. The van der Waals surface area contributed by atoms with Crippen LogP contribution in [-0.4, -0.2) is 45.0 Å². The van der Waals surface area contributed by atoms with Crippen molar-refractivity contribution in [1.29, 1.82) is 0 Å². The van der Waals surface area contributed by atoms with E-state index in [0.717, 1.165) is 9.86 Å². The number of halogens is 3. The Morgan fingerprint density at radius 1 is 1.32 bits per heavy atom. The molecule has 25 heavy (non-hydrogen) atoms. The lowest BCUT2D eigenvalue weighted by molar-refractivity contribution is 0.0974. The third kappa shape index (κ3) is 3.07. The van der Waals surface area contributed by atoms with E-state index in [9.17, 15) is 13.6 Å². The number of rotatable bonds is 2. The van der Waals surface area contributed by atoms with Crippen LogP contribution in [0.2, 0.25) is 0 Å². The van der Waals surface area contributed by atoms with Gasteiger partial charge in [-0.15, -0.1) is 5.10 Å². The summed E-state index contributed by atoms with van der Waals surface area (Å²) < 4.78 is 29.2. The molecule has 6 nitrogen and oxygen atoms in total. The quantitative estimate of drug-likeness (QED) is 0.706. The van der Waals surface area contributed by atoms with E-state index in [1.807, 2.05) is 6.07 Å². The van der Waals surface area contributed by atoms with Gasteiger partial charge in [0, 0.05) is 27.9 Å². The number of benzene rings is 1. The number of anilines is 1. The highest BCUT2D eigenvalue weighted by Gasteiger charge is 2.30. The molecule has 0 saturated carbocycles. The summed E-state index contributed by atoms with van der Waals surface area (Å²) in [6, 6.07) is 5.58. The number of hydrogen-bond acceptors (Lipinski definition) is 3. The molecule has 1 saturated heterocycles. The summed E-state index contributed by atoms with van der Waals surface area (Å²) in [6.45, 7) is 0.149. The molecule has 0 atom stereocenters. The number of carbonyl (C=O) groups excluding carboxylic acids is 1. The predicted molar refractivity (Wildman–Crippen MR) is 92.0 cm³/mol. The minimum absolute atomic E-state index is 0.0744. The summed E-state index contributed by atoms with van der Waals surface area (Å²) in [6.07, 6.45) is 2.29. The van der Waals surface area contributed by atoms with Gasteiger partial charge in [0.1, 0.15) is 17.7 Å². The molecule has 3 heterocycles. The van der Waals surface area contributed by atoms with Gasteiger partial charge in [0.25, 0.3) is 0 Å². The number of pyridine rings is 1. The Labute approximate surface area is 149 Å². The molecular formula is C16H12BrF2N5O. The van der Waals surface area contributed by atoms with Crippen molar-refractivity contribution < 1.29 is 13.6 Å². The maximum Gasteiger partial charge on any atom is 0.322 e. The highest BCUT2D eigenvalue weighted by molar-refractivity contribution is 9.10. The van der Waals surface area contributed by atoms with Gasteiger partial charge in [0.15, 0.2) is 5.65 Å². The maximum absolute atomic E-state index is 14.2. The second-order valence-corrected chi connectivity index (χ2v) is 6.65. The molecule has 0 radical (unpaired) electrons. The van der Waals surface area contributed by atoms with E-state index >= 15 is 0 Å². The molecule has 0 aliphatic carbocycles. The molecule has 2 aromatic heterocycles. The van der Waals surface area contributed by atoms with Gasteiger partial charge in [-0.1, -0.05) is 0 Å². The molecule has 0 unspecified atom stereocenters. The van der Waals surface area contributed by atoms with Gasteiger partial charge in [-0.05, 0) is 40.2 Å². The van der Waals surface area contributed by atoms with E-state index < -0.39 is 18.0 Å². The zero-order valence-corrected chi connectivity index (χ0v) is 14.4. The molecule has 2 amide bonds. The first-order chi connectivity index (χ1) is 12.0. The van der Waals surface area contributed by atoms with E-state index in [0.29, 0.717) is 11.3 Å². The Morgan fingerprint density at radius 2 is 2.12 bits per heavy atom. The summed E-state index contributed by atoms with van der Waals surface area (Å²) in [4.78, 5) is 17.5. The first-order valence-corrected chi connectivity index (χ1v) is 8.30. The van der Waals surface area contributed by atoms with Gasteiger partial charge >= 0.3 is 6.03 Å². The second kappa shape index (κ2) is 6.07. The van der Waals surface area contributed by atoms with E-state index in [-0.39, 0.29) is 18.8 Å². The van der Waals surface area contributed by atoms with Crippen LogP contribution in [0.3, 0.4) is 0 Å². The summed E-state index contributed by atoms with van der Waals surface area (Å²) in [5.41, 5.74) is 1.06. The summed E-state index contributed by atoms with van der Waals surface area (Å²) in [7, 11) is 0. The van der Waals surface area contributed by atoms with Crippen molar-refractivity contribution in [1.82, 2.24) is 19.7 Å². The van der Waals surface area contributed by atoms with Crippen molar-refractivity contribution in [2.24, 2.45) is 0 Å². The highest BCUT2D eigenvalue weighted by Crippen LogP contribution is 2.23. The maximum atomic E-state index is 14.2. The second-order valence-electron chi connectivity index (χ2n) is 5.74. The first-order valence-electron chi connectivity index (χ1n) is 7.50. The number of carbonyl (C=O) groups is 1. The van der Waals surface area contributed by atoms with Crippen LogP contribution in [-0.2, 0) is 0 Å². The van der Waals surface area contributed by atoms with Crippen LogP contribution in [0.4, 0.5) is 19.3 Å². The molecule has 128 valence electrons. The first kappa shape index (κ1) is 15.9. The Bertz CT molecular complexity index is 970. The van der Waals surface area contributed by atoms with Crippen LogP contribution in [0.15, 0.2) is 41.1 Å². The van der Waals surface area contributed by atoms with Crippen molar-refractivity contribution in [3.05, 3.63) is 46.9 Å². The molecule has 0 spiro atoms. The lowest BCUT2D eigenvalue weighted by Crippen LogP contribution is -2.53. The van der Waals surface area contributed by atoms with Gasteiger partial charge in [-0.25, -0.2) is 23.2 Å². The van der Waals surface area contributed by atoms with Crippen LogP contribution in [0.1, 0.15) is 0 Å². The van der Waals surface area contributed by atoms with E-state index in [4.69, 9.17) is 0 Å². The van der Waals surface area contributed by atoms with Crippen LogP contribution < -0.4 is 5.32 Å². The number of fused-ring (bicyclic) bond motifs is 1. The molecule has 1 N–H and O–H groups in total. The standard InChI is InChI=1S/C16H12BrF2N5O/c17-10-3-9-6-24(22-15(9)20-5-10)14-4-12(1-2-13(14)19)21-16(25)23-7-11(18)8-23/h1-6,11H,7-8H2,(H,21,25). The zero-order chi connectivity index (χ0) is 17.6. The number of aromatic nitrogens is 3. The van der Waals surface area contributed by atoms with E-state index in [1.54, 1.807) is 12.4 Å². The van der Waals surface area contributed by atoms with E-state index in [1.165, 1.54) is 27.8 Å². The number of hydrogen-bond donors (Lipinski definition) is 1. The number of nitrogens with zero attached hydrogens (tertiary/aromatic N) is 4. The van der Waals surface area contributed by atoms with Gasteiger partial charge < -0.3 is 10.2 Å². The van der Waals surface area contributed by atoms with Crippen molar-refractivity contribution in [2.45, 2.75) is 6.17 Å². The summed E-state index contributed by atoms with van der Waals surface area (Å²) >= 11 is 3.33. The van der Waals surface area contributed by atoms with E-state index in [2.05, 4.69) is 31.3 Å². The van der Waals surface area contributed by atoms with Crippen molar-refractivity contribution >= 4 is 38.7 Å². The fourth-order valence-corrected chi connectivity index (χ4v) is 2.92. The normalized spacial score (nSPS) is 14.6. The van der Waals surface area contributed by atoms with Crippen molar-refractivity contribution in [3.8, 4) is 5.69 Å². The highest BCUT2D eigenvalue weighted by atomic mass is 79.9. The number of alkyl halides is 1. The topological polar surface area (TPSA) is 63.1 Å². The molecule has 1 aliphatic heterocycles. The largest absolute Gasteiger partial charge is 0.322 e. The van der Waals surface area contributed by atoms with Crippen LogP contribution >= 0.6 is 15.9 Å². The Hall–Kier alpha value is -2.55. The van der Waals surface area contributed by atoms with Gasteiger partial charge in [0.05, 0.1) is 13.1 Å². The predicted octanol–water partition coefficient (Wildman–Crippen LogP) is 3.51. The lowest BCUT2D eigenvalue weighted by Gasteiger charge is -2.34. The SMILES string of the molecule is O=C(Nc1ccc(F)c(-n2cc3cc(Br)cnc3n2)c1)N1CC(F)C1. The van der Waals surface area contributed by atoms with Crippen molar-refractivity contribution in [2.75, 3.05) is 18.4 Å². The molecule has 3 aromatic rings. The smallest absolute Gasteiger partial charge is 0.319 e. The van der Waals surface area contributed by atoms with Crippen molar-refractivity contribution in [3.63, 3.8) is 0 Å². The Morgan fingerprint density at radius 3 is 2.88 bits per heavy atom. The molecule has 1 aliphatic rings. The Kier molecular flexibility index (Phi) is 3.87. The van der Waals surface area contributed by atoms with Gasteiger partial charge in [-0.3, -0.25) is 0 Å². The summed E-state index contributed by atoms with van der Waals surface area (Å²) in [5.74, 6) is -0.488. The molecule has 1 aromatic carbocycles. The number of amides is 2. The molecule has 1 fully saturated rings. The van der Waals surface area contributed by atoms with Gasteiger partial charge in [0.2, 0.25) is 0 Å². The van der Waals surface area contributed by atoms with Gasteiger partial charge in [-0.2, -0.15) is 0 Å². The fraction of sp³-hybridized carbons (Fsp3) is 0.188. The Balaban J connectivity index is 1.63. The summed E-state index contributed by atoms with van der Waals surface area (Å²) in [5, 5.41) is 7.63. The molecule has 9 heteroatoms. The molecule has 4 rings (SSSR count). The zero-order valence-electron chi connectivity index (χ0n) is 12.8.